The highest BCUT2D eigenvalue weighted by atomic mass is 16.5. The minimum atomic E-state index is -0.289. The number of carbonyl (C=O) groups excluding carboxylic acids is 1. The van der Waals surface area contributed by atoms with Crippen LogP contribution in [0.25, 0.3) is 0 Å². The van der Waals surface area contributed by atoms with Crippen LogP contribution in [0.5, 0.6) is 5.88 Å². The fourth-order valence-electron chi connectivity index (χ4n) is 3.48. The zero-order chi connectivity index (χ0) is 17.8. The molecule has 2 aromatic rings. The largest absolute Gasteiger partial charge is 0.474 e. The van der Waals surface area contributed by atoms with Gasteiger partial charge >= 0.3 is 0 Å². The van der Waals surface area contributed by atoms with Crippen molar-refractivity contribution in [1.82, 2.24) is 21.2 Å². The second-order valence-electron chi connectivity index (χ2n) is 6.89. The quantitative estimate of drug-likeness (QED) is 0.736. The molecule has 0 bridgehead atoms. The Morgan fingerprint density at radius 1 is 1.27 bits per heavy atom. The fourth-order valence-corrected chi connectivity index (χ4v) is 3.48. The van der Waals surface area contributed by atoms with E-state index in [9.17, 15) is 4.79 Å². The van der Waals surface area contributed by atoms with Gasteiger partial charge in [0, 0.05) is 18.8 Å². The van der Waals surface area contributed by atoms with Gasteiger partial charge in [-0.25, -0.2) is 15.8 Å². The second-order valence-corrected chi connectivity index (χ2v) is 6.89. The third-order valence-corrected chi connectivity index (χ3v) is 4.96. The number of hydrazine groups is 1. The van der Waals surface area contributed by atoms with Crippen molar-refractivity contribution < 1.29 is 13.9 Å². The molecule has 2 atom stereocenters. The van der Waals surface area contributed by atoms with Gasteiger partial charge in [-0.2, -0.15) is 0 Å². The minimum absolute atomic E-state index is 0.00874. The molecule has 1 aliphatic heterocycles. The SMILES string of the molecule is O=C(NCc1ccc(OC2CCCC2)nc1)C1CC(c2ccco2)NN1. The smallest absolute Gasteiger partial charge is 0.238 e. The average molecular weight is 356 g/mol. The molecule has 138 valence electrons. The maximum Gasteiger partial charge on any atom is 0.238 e. The van der Waals surface area contributed by atoms with Gasteiger partial charge in [0.15, 0.2) is 0 Å². The fraction of sp³-hybridized carbons (Fsp3) is 0.474. The Morgan fingerprint density at radius 3 is 2.88 bits per heavy atom. The lowest BCUT2D eigenvalue weighted by Crippen LogP contribution is -2.42. The summed E-state index contributed by atoms with van der Waals surface area (Å²) in [4.78, 5) is 16.7. The van der Waals surface area contributed by atoms with Crippen molar-refractivity contribution in [2.45, 2.75) is 56.8 Å². The molecule has 0 aromatic carbocycles. The number of carbonyl (C=O) groups is 1. The molecular weight excluding hydrogens is 332 g/mol. The van der Waals surface area contributed by atoms with Crippen LogP contribution < -0.4 is 20.9 Å². The molecule has 26 heavy (non-hydrogen) atoms. The monoisotopic (exact) mass is 356 g/mol. The van der Waals surface area contributed by atoms with Crippen LogP contribution in [0.2, 0.25) is 0 Å². The summed E-state index contributed by atoms with van der Waals surface area (Å²) in [5.41, 5.74) is 7.07. The van der Waals surface area contributed by atoms with E-state index in [4.69, 9.17) is 9.15 Å². The van der Waals surface area contributed by atoms with E-state index < -0.39 is 0 Å². The molecule has 1 saturated carbocycles. The summed E-state index contributed by atoms with van der Waals surface area (Å²) in [5.74, 6) is 1.45. The molecule has 2 aromatic heterocycles. The number of nitrogens with zero attached hydrogens (tertiary/aromatic N) is 1. The number of ether oxygens (including phenoxy) is 1. The third kappa shape index (κ3) is 4.05. The Labute approximate surface area is 152 Å². The van der Waals surface area contributed by atoms with Crippen molar-refractivity contribution in [2.75, 3.05) is 0 Å². The number of pyridine rings is 1. The first-order valence-corrected chi connectivity index (χ1v) is 9.22. The van der Waals surface area contributed by atoms with E-state index in [1.165, 1.54) is 12.8 Å². The molecule has 3 N–H and O–H groups in total. The first-order chi connectivity index (χ1) is 12.8. The molecule has 0 radical (unpaired) electrons. The normalized spacial score (nSPS) is 23.2. The van der Waals surface area contributed by atoms with E-state index in [0.717, 1.165) is 24.2 Å². The van der Waals surface area contributed by atoms with E-state index in [1.54, 1.807) is 12.5 Å². The van der Waals surface area contributed by atoms with E-state index in [0.29, 0.717) is 24.9 Å². The van der Waals surface area contributed by atoms with Gasteiger partial charge in [0.1, 0.15) is 17.9 Å². The first kappa shape index (κ1) is 17.1. The van der Waals surface area contributed by atoms with Gasteiger partial charge in [-0.1, -0.05) is 6.07 Å². The lowest BCUT2D eigenvalue weighted by Gasteiger charge is -2.13. The van der Waals surface area contributed by atoms with Crippen LogP contribution in [-0.4, -0.2) is 23.0 Å². The summed E-state index contributed by atoms with van der Waals surface area (Å²) >= 11 is 0. The summed E-state index contributed by atoms with van der Waals surface area (Å²) < 4.78 is 11.2. The minimum Gasteiger partial charge on any atom is -0.474 e. The lowest BCUT2D eigenvalue weighted by atomic mass is 10.1. The Hall–Kier alpha value is -2.38. The summed E-state index contributed by atoms with van der Waals surface area (Å²) in [6.07, 6.45) is 9.04. The highest BCUT2D eigenvalue weighted by molar-refractivity contribution is 5.82. The second kappa shape index (κ2) is 7.88. The van der Waals surface area contributed by atoms with Crippen molar-refractivity contribution in [3.8, 4) is 5.88 Å². The zero-order valence-electron chi connectivity index (χ0n) is 14.6. The highest BCUT2D eigenvalue weighted by Crippen LogP contribution is 2.23. The van der Waals surface area contributed by atoms with E-state index >= 15 is 0 Å². The number of rotatable bonds is 6. The number of nitrogens with one attached hydrogen (secondary N) is 3. The molecule has 7 heteroatoms. The number of amides is 1. The molecule has 2 aliphatic rings. The van der Waals surface area contributed by atoms with Crippen LogP contribution in [0.4, 0.5) is 0 Å². The molecule has 1 amide bonds. The van der Waals surface area contributed by atoms with E-state index in [2.05, 4.69) is 21.2 Å². The molecular formula is C19H24N4O3. The standard InChI is InChI=1S/C19H24N4O3/c24-19(16-10-15(22-23-16)17-6-3-9-25-17)21-12-13-7-8-18(20-11-13)26-14-4-1-2-5-14/h3,6-9,11,14-16,22-23H,1-2,4-5,10,12H2,(H,21,24). The zero-order valence-corrected chi connectivity index (χ0v) is 14.6. The predicted molar refractivity (Wildman–Crippen MR) is 95.1 cm³/mol. The van der Waals surface area contributed by atoms with Gasteiger partial charge < -0.3 is 14.5 Å². The van der Waals surface area contributed by atoms with Gasteiger partial charge in [-0.05, 0) is 49.8 Å². The molecule has 4 rings (SSSR count). The summed E-state index contributed by atoms with van der Waals surface area (Å²) in [5, 5.41) is 2.95. The Kier molecular flexibility index (Phi) is 5.17. The van der Waals surface area contributed by atoms with E-state index in [1.807, 2.05) is 24.3 Å². The van der Waals surface area contributed by atoms with Crippen molar-refractivity contribution in [2.24, 2.45) is 0 Å². The third-order valence-electron chi connectivity index (χ3n) is 4.96. The summed E-state index contributed by atoms with van der Waals surface area (Å²) in [6.45, 7) is 0.444. The van der Waals surface area contributed by atoms with Crippen LogP contribution in [0, 0.1) is 0 Å². The topological polar surface area (TPSA) is 88.4 Å². The van der Waals surface area contributed by atoms with Gasteiger partial charge in [-0.3, -0.25) is 4.79 Å². The highest BCUT2D eigenvalue weighted by Gasteiger charge is 2.31. The maximum absolute atomic E-state index is 12.3. The van der Waals surface area contributed by atoms with Crippen LogP contribution >= 0.6 is 0 Å². The Bertz CT molecular complexity index is 711. The average Bonchev–Trinajstić information content (AvgIpc) is 3.42. The Morgan fingerprint density at radius 2 is 2.15 bits per heavy atom. The number of hydrogen-bond acceptors (Lipinski definition) is 6. The van der Waals surface area contributed by atoms with Crippen LogP contribution in [-0.2, 0) is 11.3 Å². The number of furan rings is 1. The van der Waals surface area contributed by atoms with Crippen molar-refractivity contribution in [3.05, 3.63) is 48.0 Å². The van der Waals surface area contributed by atoms with Crippen molar-refractivity contribution >= 4 is 5.91 Å². The van der Waals surface area contributed by atoms with Gasteiger partial charge in [-0.15, -0.1) is 0 Å². The van der Waals surface area contributed by atoms with Gasteiger partial charge in [0.2, 0.25) is 11.8 Å². The summed E-state index contributed by atoms with van der Waals surface area (Å²) in [6, 6.07) is 7.29. The van der Waals surface area contributed by atoms with Crippen LogP contribution in [0.3, 0.4) is 0 Å². The lowest BCUT2D eigenvalue weighted by molar-refractivity contribution is -0.123. The molecule has 7 nitrogen and oxygen atoms in total. The molecule has 2 unspecified atom stereocenters. The van der Waals surface area contributed by atoms with Crippen molar-refractivity contribution in [1.29, 1.82) is 0 Å². The van der Waals surface area contributed by atoms with Crippen LogP contribution in [0.1, 0.15) is 49.5 Å². The molecule has 2 fully saturated rings. The number of hydrogen-bond donors (Lipinski definition) is 3. The van der Waals surface area contributed by atoms with Crippen LogP contribution in [0.15, 0.2) is 41.1 Å². The Balaban J connectivity index is 1.24. The van der Waals surface area contributed by atoms with Gasteiger partial charge in [0.25, 0.3) is 0 Å². The maximum atomic E-state index is 12.3. The molecule has 1 saturated heterocycles. The predicted octanol–water partition coefficient (Wildman–Crippen LogP) is 2.22. The van der Waals surface area contributed by atoms with Gasteiger partial charge in [0.05, 0.1) is 12.3 Å². The first-order valence-electron chi connectivity index (χ1n) is 9.22. The summed E-state index contributed by atoms with van der Waals surface area (Å²) in [7, 11) is 0. The number of aromatic nitrogens is 1. The molecule has 3 heterocycles. The molecule has 0 spiro atoms. The van der Waals surface area contributed by atoms with Crippen molar-refractivity contribution in [3.63, 3.8) is 0 Å². The molecule has 1 aliphatic carbocycles. The van der Waals surface area contributed by atoms with E-state index in [-0.39, 0.29) is 18.0 Å².